The summed E-state index contributed by atoms with van der Waals surface area (Å²) in [5.41, 5.74) is 4.25. The number of hydrogen-bond acceptors (Lipinski definition) is 7. The number of ether oxygens (including phenoxy) is 1. The maximum absolute atomic E-state index is 13.1. The molecule has 9 nitrogen and oxygen atoms in total. The Hall–Kier alpha value is -2.81. The van der Waals surface area contributed by atoms with Crippen LogP contribution in [0.1, 0.15) is 68.8 Å². The number of nitrogens with one attached hydrogen (secondary N) is 1. The highest BCUT2D eigenvalue weighted by atomic mass is 16.5. The van der Waals surface area contributed by atoms with Crippen molar-refractivity contribution in [3.05, 3.63) is 34.8 Å². The minimum absolute atomic E-state index is 0.0396. The van der Waals surface area contributed by atoms with E-state index >= 15 is 0 Å². The Morgan fingerprint density at radius 3 is 2.62 bits per heavy atom. The summed E-state index contributed by atoms with van der Waals surface area (Å²) in [6.07, 6.45) is 7.79. The van der Waals surface area contributed by atoms with Gasteiger partial charge < -0.3 is 19.9 Å². The average Bonchev–Trinajstić information content (AvgIpc) is 3.53. The van der Waals surface area contributed by atoms with Crippen molar-refractivity contribution >= 4 is 17.9 Å². The van der Waals surface area contributed by atoms with Crippen molar-refractivity contribution < 1.29 is 9.53 Å². The van der Waals surface area contributed by atoms with Gasteiger partial charge in [0, 0.05) is 49.3 Å². The number of rotatable bonds is 6. The molecule has 1 amide bonds. The normalized spacial score (nSPS) is 22.1. The fourth-order valence-corrected chi connectivity index (χ4v) is 5.31. The van der Waals surface area contributed by atoms with Gasteiger partial charge >= 0.3 is 0 Å². The highest BCUT2D eigenvalue weighted by Gasteiger charge is 2.39. The first-order chi connectivity index (χ1) is 16.3. The molecule has 2 aromatic rings. The highest BCUT2D eigenvalue weighted by molar-refractivity contribution is 5.88. The minimum Gasteiger partial charge on any atom is -0.370 e. The molecule has 0 bridgehead atoms. The molecule has 1 saturated heterocycles. The van der Waals surface area contributed by atoms with Crippen LogP contribution in [0.25, 0.3) is 0 Å². The second kappa shape index (κ2) is 8.76. The summed E-state index contributed by atoms with van der Waals surface area (Å²) in [6, 6.07) is 0.0531. The van der Waals surface area contributed by atoms with Crippen LogP contribution in [0.4, 0.5) is 5.82 Å². The van der Waals surface area contributed by atoms with Gasteiger partial charge in [0.25, 0.3) is 0 Å². The average molecular weight is 466 g/mol. The molecule has 1 aliphatic carbocycles. The van der Waals surface area contributed by atoms with E-state index < -0.39 is 0 Å². The van der Waals surface area contributed by atoms with Gasteiger partial charge in [-0.1, -0.05) is 13.8 Å². The number of aromatic nitrogens is 4. The molecule has 9 heteroatoms. The summed E-state index contributed by atoms with van der Waals surface area (Å²) in [6.45, 7) is 11.3. The molecular formula is C25H35N7O2. The molecule has 0 unspecified atom stereocenters. The molecule has 34 heavy (non-hydrogen) atoms. The number of carbonyl (C=O) groups excluding carboxylic acids is 1. The minimum atomic E-state index is -0.254. The summed E-state index contributed by atoms with van der Waals surface area (Å²) >= 11 is 0. The quantitative estimate of drug-likeness (QED) is 0.659. The number of fused-ring (bicyclic) bond motifs is 1. The summed E-state index contributed by atoms with van der Waals surface area (Å²) in [7, 11) is 0. The van der Waals surface area contributed by atoms with Gasteiger partial charge in [0.05, 0.1) is 36.3 Å². The van der Waals surface area contributed by atoms with Gasteiger partial charge in [0.1, 0.15) is 12.4 Å². The van der Waals surface area contributed by atoms with Crippen molar-refractivity contribution in [2.24, 2.45) is 5.92 Å². The van der Waals surface area contributed by atoms with Gasteiger partial charge in [-0.3, -0.25) is 4.79 Å². The SMILES string of the molecule is CC(C)[C@@H]1CN(c2nc(C3CC3)c3c(c2C=N)CC(C)(C)OC3)CCN1C(=O)Cn1nccn1. The number of pyridine rings is 1. The van der Waals surface area contributed by atoms with E-state index in [9.17, 15) is 4.79 Å². The van der Waals surface area contributed by atoms with Gasteiger partial charge in [-0.25, -0.2) is 4.98 Å². The fourth-order valence-electron chi connectivity index (χ4n) is 5.31. The lowest BCUT2D eigenvalue weighted by molar-refractivity contribution is -0.136. The van der Waals surface area contributed by atoms with E-state index in [-0.39, 0.29) is 30.0 Å². The summed E-state index contributed by atoms with van der Waals surface area (Å²) in [4.78, 5) is 24.0. The van der Waals surface area contributed by atoms with Crippen LogP contribution in [-0.2, 0) is 29.1 Å². The van der Waals surface area contributed by atoms with E-state index in [0.717, 1.165) is 23.5 Å². The van der Waals surface area contributed by atoms with Crippen LogP contribution in [0, 0.1) is 11.3 Å². The van der Waals surface area contributed by atoms with E-state index in [2.05, 4.69) is 42.8 Å². The number of carbonyl (C=O) groups is 1. The molecule has 1 atom stereocenters. The van der Waals surface area contributed by atoms with Gasteiger partial charge in [-0.05, 0) is 38.2 Å². The molecule has 182 valence electrons. The third-order valence-electron chi connectivity index (χ3n) is 7.34. The maximum Gasteiger partial charge on any atom is 0.246 e. The Morgan fingerprint density at radius 1 is 1.24 bits per heavy atom. The van der Waals surface area contributed by atoms with Crippen molar-refractivity contribution in [3.8, 4) is 0 Å². The lowest BCUT2D eigenvalue weighted by Crippen LogP contribution is -2.58. The van der Waals surface area contributed by atoms with Gasteiger partial charge in [0.2, 0.25) is 5.91 Å². The molecule has 2 aliphatic heterocycles. The number of nitrogens with zero attached hydrogens (tertiary/aromatic N) is 6. The number of piperazine rings is 1. The summed E-state index contributed by atoms with van der Waals surface area (Å²) < 4.78 is 6.14. The predicted octanol–water partition coefficient (Wildman–Crippen LogP) is 2.77. The zero-order valence-corrected chi connectivity index (χ0v) is 20.6. The molecule has 4 heterocycles. The molecule has 0 aromatic carbocycles. The predicted molar refractivity (Wildman–Crippen MR) is 129 cm³/mol. The zero-order chi connectivity index (χ0) is 24.0. The summed E-state index contributed by atoms with van der Waals surface area (Å²) in [5, 5.41) is 16.5. The fraction of sp³-hybridized carbons (Fsp3) is 0.640. The van der Waals surface area contributed by atoms with E-state index in [4.69, 9.17) is 15.1 Å². The van der Waals surface area contributed by atoms with Crippen LogP contribution < -0.4 is 4.90 Å². The first-order valence-electron chi connectivity index (χ1n) is 12.4. The first kappa shape index (κ1) is 23.0. The van der Waals surface area contributed by atoms with Crippen LogP contribution in [0.2, 0.25) is 0 Å². The second-order valence-corrected chi connectivity index (χ2v) is 10.7. The molecule has 3 aliphatic rings. The van der Waals surface area contributed by atoms with E-state index in [1.807, 2.05) is 4.90 Å². The third-order valence-corrected chi connectivity index (χ3v) is 7.34. The molecule has 5 rings (SSSR count). The van der Waals surface area contributed by atoms with Crippen LogP contribution in [0.5, 0.6) is 0 Å². The van der Waals surface area contributed by atoms with Crippen molar-refractivity contribution in [1.82, 2.24) is 24.9 Å². The number of amides is 1. The molecular weight excluding hydrogens is 430 g/mol. The van der Waals surface area contributed by atoms with Gasteiger partial charge in [-0.2, -0.15) is 15.0 Å². The lowest BCUT2D eigenvalue weighted by Gasteiger charge is -2.44. The van der Waals surface area contributed by atoms with Gasteiger partial charge in [0.15, 0.2) is 0 Å². The second-order valence-electron chi connectivity index (χ2n) is 10.7. The smallest absolute Gasteiger partial charge is 0.246 e. The van der Waals surface area contributed by atoms with Crippen LogP contribution >= 0.6 is 0 Å². The Bertz CT molecular complexity index is 1080. The van der Waals surface area contributed by atoms with Crippen molar-refractivity contribution in [1.29, 1.82) is 5.41 Å². The Morgan fingerprint density at radius 2 is 1.97 bits per heavy atom. The summed E-state index contributed by atoms with van der Waals surface area (Å²) in [5.74, 6) is 1.73. The standard InChI is InChI=1S/C25H35N7O2/c1-16(2)21-13-30(9-10-31(21)22(33)14-32-27-7-8-28-32)24-19(12-26)18-11-25(3,4)34-15-20(18)23(29-24)17-5-6-17/h7-8,12,16-17,21,26H,5-6,9-11,13-15H2,1-4H3/t21-/m0/s1. The van der Waals surface area contributed by atoms with Gasteiger partial charge in [-0.15, -0.1) is 0 Å². The van der Waals surface area contributed by atoms with Crippen molar-refractivity contribution in [2.45, 2.75) is 77.7 Å². The Balaban J connectivity index is 1.46. The molecule has 1 saturated carbocycles. The number of hydrogen-bond donors (Lipinski definition) is 1. The zero-order valence-electron chi connectivity index (χ0n) is 20.6. The molecule has 2 fully saturated rings. The molecule has 0 spiro atoms. The van der Waals surface area contributed by atoms with Crippen molar-refractivity contribution in [3.63, 3.8) is 0 Å². The van der Waals surface area contributed by atoms with E-state index in [1.165, 1.54) is 35.0 Å². The van der Waals surface area contributed by atoms with Crippen LogP contribution in [0.15, 0.2) is 12.4 Å². The van der Waals surface area contributed by atoms with Crippen LogP contribution in [0.3, 0.4) is 0 Å². The van der Waals surface area contributed by atoms with Crippen molar-refractivity contribution in [2.75, 3.05) is 24.5 Å². The maximum atomic E-state index is 13.1. The lowest BCUT2D eigenvalue weighted by atomic mass is 9.87. The largest absolute Gasteiger partial charge is 0.370 e. The third kappa shape index (κ3) is 4.33. The first-order valence-corrected chi connectivity index (χ1v) is 12.4. The molecule has 0 radical (unpaired) electrons. The van der Waals surface area contributed by atoms with Crippen LogP contribution in [-0.4, -0.2) is 68.3 Å². The van der Waals surface area contributed by atoms with E-state index in [0.29, 0.717) is 32.2 Å². The monoisotopic (exact) mass is 465 g/mol. The number of anilines is 1. The molecule has 2 aromatic heterocycles. The topological polar surface area (TPSA) is 100 Å². The highest BCUT2D eigenvalue weighted by Crippen LogP contribution is 2.45. The van der Waals surface area contributed by atoms with E-state index in [1.54, 1.807) is 12.4 Å². The Kier molecular flexibility index (Phi) is 5.91. The Labute approximate surface area is 201 Å². The molecule has 1 N–H and O–H groups in total.